The van der Waals surface area contributed by atoms with Gasteiger partial charge >= 0.3 is 0 Å². The van der Waals surface area contributed by atoms with Crippen molar-refractivity contribution in [3.05, 3.63) is 35.5 Å². The predicted molar refractivity (Wildman–Crippen MR) is 105 cm³/mol. The summed E-state index contributed by atoms with van der Waals surface area (Å²) in [7, 11) is 0. The Bertz CT molecular complexity index is 773. The first kappa shape index (κ1) is 17.0. The van der Waals surface area contributed by atoms with Crippen molar-refractivity contribution in [3.8, 4) is 0 Å². The zero-order valence-electron chi connectivity index (χ0n) is 16.1. The van der Waals surface area contributed by atoms with E-state index in [4.69, 9.17) is 19.6 Å². The lowest BCUT2D eigenvalue weighted by molar-refractivity contribution is -0.0353. The number of allylic oxidation sites excluding steroid dienone is 5. The Morgan fingerprint density at radius 1 is 1.33 bits per heavy atom. The molecule has 1 spiro atoms. The fraction of sp³-hybridized carbons (Fsp3) is 0.619. The van der Waals surface area contributed by atoms with Crippen LogP contribution in [0.15, 0.2) is 45.6 Å². The van der Waals surface area contributed by atoms with Crippen molar-refractivity contribution in [1.29, 1.82) is 0 Å². The predicted octanol–water partition coefficient (Wildman–Crippen LogP) is 2.96. The molecule has 0 aromatic rings. The van der Waals surface area contributed by atoms with Crippen LogP contribution in [0.5, 0.6) is 0 Å². The van der Waals surface area contributed by atoms with Gasteiger partial charge in [0, 0.05) is 43.3 Å². The van der Waals surface area contributed by atoms with Gasteiger partial charge in [-0.1, -0.05) is 0 Å². The molecule has 2 fully saturated rings. The zero-order valence-corrected chi connectivity index (χ0v) is 16.1. The summed E-state index contributed by atoms with van der Waals surface area (Å²) < 4.78 is 11.9. The first-order chi connectivity index (χ1) is 13.1. The smallest absolute Gasteiger partial charge is 0.124 e. The highest BCUT2D eigenvalue weighted by Crippen LogP contribution is 2.43. The van der Waals surface area contributed by atoms with Crippen LogP contribution >= 0.6 is 0 Å². The Hall–Kier alpha value is -2.08. The molecule has 0 aromatic carbocycles. The lowest BCUT2D eigenvalue weighted by Crippen LogP contribution is -2.43. The van der Waals surface area contributed by atoms with Crippen LogP contribution < -0.4 is 5.43 Å². The molecule has 0 amide bonds. The Kier molecular flexibility index (Phi) is 4.11. The van der Waals surface area contributed by atoms with E-state index in [1.807, 2.05) is 0 Å². The summed E-state index contributed by atoms with van der Waals surface area (Å²) in [6, 6.07) is 0. The van der Waals surface area contributed by atoms with Gasteiger partial charge in [-0.3, -0.25) is 5.43 Å². The Labute approximate surface area is 160 Å². The third-order valence-corrected chi connectivity index (χ3v) is 5.98. The molecule has 5 aliphatic rings. The van der Waals surface area contributed by atoms with E-state index in [9.17, 15) is 0 Å². The molecule has 27 heavy (non-hydrogen) atoms. The van der Waals surface area contributed by atoms with Gasteiger partial charge in [-0.25, -0.2) is 4.99 Å². The molecule has 6 heteroatoms. The van der Waals surface area contributed by atoms with Crippen LogP contribution in [0.4, 0.5) is 0 Å². The molecule has 0 radical (unpaired) electrons. The number of ether oxygens (including phenoxy) is 2. The number of fused-ring (bicyclic) bond motifs is 1. The average Bonchev–Trinajstić information content (AvgIpc) is 3.27. The van der Waals surface area contributed by atoms with Gasteiger partial charge in [0.25, 0.3) is 0 Å². The minimum Gasteiger partial charge on any atom is -0.495 e. The summed E-state index contributed by atoms with van der Waals surface area (Å²) in [6.07, 6.45) is 12.9. The van der Waals surface area contributed by atoms with Gasteiger partial charge in [0.15, 0.2) is 0 Å². The topological polar surface area (TPSA) is 58.5 Å². The summed E-state index contributed by atoms with van der Waals surface area (Å²) in [4.78, 5) is 7.10. The normalized spacial score (nSPS) is 31.0. The molecule has 2 aliphatic carbocycles. The van der Waals surface area contributed by atoms with Crippen LogP contribution in [-0.2, 0) is 9.47 Å². The molecule has 2 unspecified atom stereocenters. The second kappa shape index (κ2) is 6.51. The van der Waals surface area contributed by atoms with Gasteiger partial charge in [0.1, 0.15) is 5.82 Å². The van der Waals surface area contributed by atoms with E-state index < -0.39 is 0 Å². The molecule has 0 aromatic heterocycles. The first-order valence-corrected chi connectivity index (χ1v) is 10.2. The third kappa shape index (κ3) is 3.31. The standard InChI is InChI=1S/C21H28N4O2/c1-14(2)27-16-3-4-18-17(12-16)20(24-23-18)15-5-8-22-19(11-15)25-9-10-26-21(13-25)6-7-21/h3-4,8,11,14-15,17,23H,5-7,9-10,12-13H2,1-2H3. The Morgan fingerprint density at radius 3 is 3.04 bits per heavy atom. The van der Waals surface area contributed by atoms with Crippen molar-refractivity contribution in [3.63, 3.8) is 0 Å². The summed E-state index contributed by atoms with van der Waals surface area (Å²) in [5.74, 6) is 2.72. The van der Waals surface area contributed by atoms with Crippen molar-refractivity contribution < 1.29 is 9.47 Å². The van der Waals surface area contributed by atoms with Gasteiger partial charge in [-0.2, -0.15) is 5.10 Å². The molecule has 1 saturated carbocycles. The second-order valence-electron chi connectivity index (χ2n) is 8.46. The number of hydrogen-bond donors (Lipinski definition) is 1. The zero-order chi connectivity index (χ0) is 18.4. The number of morpholine rings is 1. The number of hydrogen-bond acceptors (Lipinski definition) is 6. The second-order valence-corrected chi connectivity index (χ2v) is 8.46. The van der Waals surface area contributed by atoms with Gasteiger partial charge in [0.05, 0.1) is 29.8 Å². The first-order valence-electron chi connectivity index (χ1n) is 10.2. The quantitative estimate of drug-likeness (QED) is 0.829. The fourth-order valence-corrected chi connectivity index (χ4v) is 4.42. The summed E-state index contributed by atoms with van der Waals surface area (Å²) in [5, 5.41) is 4.70. The molecule has 2 atom stereocenters. The molecule has 0 bridgehead atoms. The molecular weight excluding hydrogens is 340 g/mol. The SMILES string of the molecule is CC(C)OC1=CC=C2NN=C(C3C=C(N4CCOC5(CC5)C4)N=CC3)C2C1. The highest BCUT2D eigenvalue weighted by Gasteiger charge is 2.48. The summed E-state index contributed by atoms with van der Waals surface area (Å²) >= 11 is 0. The highest BCUT2D eigenvalue weighted by molar-refractivity contribution is 5.96. The Balaban J connectivity index is 1.32. The molecule has 1 N–H and O–H groups in total. The van der Waals surface area contributed by atoms with Crippen LogP contribution in [0.2, 0.25) is 0 Å². The lowest BCUT2D eigenvalue weighted by Gasteiger charge is -2.36. The average molecular weight is 368 g/mol. The number of nitrogens with one attached hydrogen (secondary N) is 1. The monoisotopic (exact) mass is 368 g/mol. The molecule has 144 valence electrons. The molecule has 1 saturated heterocycles. The van der Waals surface area contributed by atoms with E-state index in [2.05, 4.69) is 48.6 Å². The third-order valence-electron chi connectivity index (χ3n) is 5.98. The molecule has 6 nitrogen and oxygen atoms in total. The molecule has 5 rings (SSSR count). The van der Waals surface area contributed by atoms with Crippen molar-refractivity contribution in [2.24, 2.45) is 21.9 Å². The summed E-state index contributed by atoms with van der Waals surface area (Å²) in [5.41, 5.74) is 5.74. The van der Waals surface area contributed by atoms with Crippen molar-refractivity contribution in [2.75, 3.05) is 19.7 Å². The largest absolute Gasteiger partial charge is 0.495 e. The maximum absolute atomic E-state index is 5.96. The maximum Gasteiger partial charge on any atom is 0.124 e. The van der Waals surface area contributed by atoms with E-state index in [1.165, 1.54) is 24.3 Å². The molecule has 3 heterocycles. The van der Waals surface area contributed by atoms with Crippen LogP contribution in [0.25, 0.3) is 0 Å². The van der Waals surface area contributed by atoms with Crippen molar-refractivity contribution >= 4 is 11.9 Å². The Morgan fingerprint density at radius 2 is 2.22 bits per heavy atom. The van der Waals surface area contributed by atoms with Gasteiger partial charge in [-0.15, -0.1) is 0 Å². The van der Waals surface area contributed by atoms with Gasteiger partial charge < -0.3 is 14.4 Å². The number of rotatable bonds is 4. The lowest BCUT2D eigenvalue weighted by atomic mass is 9.83. The van der Waals surface area contributed by atoms with Crippen molar-refractivity contribution in [2.45, 2.75) is 51.2 Å². The number of hydrazone groups is 1. The maximum atomic E-state index is 5.96. The molecule has 3 aliphatic heterocycles. The van der Waals surface area contributed by atoms with E-state index >= 15 is 0 Å². The van der Waals surface area contributed by atoms with E-state index in [0.29, 0.717) is 0 Å². The van der Waals surface area contributed by atoms with Gasteiger partial charge in [0.2, 0.25) is 0 Å². The van der Waals surface area contributed by atoms with Crippen LogP contribution in [0.1, 0.15) is 39.5 Å². The summed E-state index contributed by atoms with van der Waals surface area (Å²) in [6.45, 7) is 6.84. The number of aliphatic imine (C=N–C) groups is 1. The molecular formula is C21H28N4O2. The van der Waals surface area contributed by atoms with Crippen molar-refractivity contribution in [1.82, 2.24) is 10.3 Å². The van der Waals surface area contributed by atoms with E-state index in [0.717, 1.165) is 44.1 Å². The fourth-order valence-electron chi connectivity index (χ4n) is 4.42. The number of nitrogens with zero attached hydrogens (tertiary/aromatic N) is 3. The highest BCUT2D eigenvalue weighted by atomic mass is 16.5. The minimum atomic E-state index is 0.112. The van der Waals surface area contributed by atoms with E-state index in [-0.39, 0.29) is 23.5 Å². The van der Waals surface area contributed by atoms with Crippen LogP contribution in [-0.4, -0.2) is 48.2 Å². The van der Waals surface area contributed by atoms with E-state index in [1.54, 1.807) is 0 Å². The van der Waals surface area contributed by atoms with Crippen LogP contribution in [0, 0.1) is 11.8 Å². The van der Waals surface area contributed by atoms with Crippen LogP contribution in [0.3, 0.4) is 0 Å². The van der Waals surface area contributed by atoms with Gasteiger partial charge in [-0.05, 0) is 51.3 Å². The minimum absolute atomic E-state index is 0.112.